The van der Waals surface area contributed by atoms with Gasteiger partial charge in [0.2, 0.25) is 0 Å². The van der Waals surface area contributed by atoms with Crippen LogP contribution in [-0.4, -0.2) is 17.7 Å². The standard InChI is InChI=1S/C19H28O3/c1-6-8-16(9-10-18(20)21)19-13(3)12-17(22-11-7-2)14(4)15(19)5/h9,12H,6-8,10-11H2,1-5H3,(H,20,21)/b16-9+. The average molecular weight is 304 g/mol. The van der Waals surface area contributed by atoms with E-state index in [1.165, 1.54) is 11.1 Å². The van der Waals surface area contributed by atoms with E-state index in [1.807, 2.05) is 6.08 Å². The molecule has 0 bridgehead atoms. The van der Waals surface area contributed by atoms with Crippen LogP contribution in [0.2, 0.25) is 0 Å². The van der Waals surface area contributed by atoms with Gasteiger partial charge in [-0.05, 0) is 67.5 Å². The molecule has 1 rings (SSSR count). The lowest BCUT2D eigenvalue weighted by Gasteiger charge is -2.19. The quantitative estimate of drug-likeness (QED) is 0.730. The van der Waals surface area contributed by atoms with Crippen molar-refractivity contribution in [2.24, 2.45) is 0 Å². The van der Waals surface area contributed by atoms with Crippen LogP contribution in [-0.2, 0) is 4.79 Å². The molecule has 1 aromatic carbocycles. The summed E-state index contributed by atoms with van der Waals surface area (Å²) in [5, 5.41) is 8.95. The Kier molecular flexibility index (Phi) is 7.16. The van der Waals surface area contributed by atoms with Crippen molar-refractivity contribution in [2.75, 3.05) is 6.61 Å². The number of allylic oxidation sites excluding steroid dienone is 1. The zero-order valence-corrected chi connectivity index (χ0v) is 14.5. The van der Waals surface area contributed by atoms with Crippen molar-refractivity contribution in [2.45, 2.75) is 60.3 Å². The van der Waals surface area contributed by atoms with Gasteiger partial charge in [-0.25, -0.2) is 0 Å². The molecular formula is C19H28O3. The van der Waals surface area contributed by atoms with E-state index in [2.05, 4.69) is 40.7 Å². The maximum atomic E-state index is 10.9. The van der Waals surface area contributed by atoms with E-state index < -0.39 is 5.97 Å². The van der Waals surface area contributed by atoms with Crippen LogP contribution in [0.15, 0.2) is 12.1 Å². The topological polar surface area (TPSA) is 46.5 Å². The van der Waals surface area contributed by atoms with Crippen LogP contribution in [0.5, 0.6) is 5.75 Å². The minimum Gasteiger partial charge on any atom is -0.493 e. The Morgan fingerprint density at radius 2 is 1.86 bits per heavy atom. The lowest BCUT2D eigenvalue weighted by Crippen LogP contribution is -2.03. The Balaban J connectivity index is 3.29. The maximum absolute atomic E-state index is 10.9. The molecule has 1 aromatic rings. The minimum atomic E-state index is -0.788. The number of carboxylic acid groups (broad SMARTS) is 1. The SMILES string of the molecule is CCCOc1cc(C)c(/C(=C/CC(=O)O)CCC)c(C)c1C. The zero-order chi connectivity index (χ0) is 16.7. The highest BCUT2D eigenvalue weighted by molar-refractivity contribution is 5.77. The molecular weight excluding hydrogens is 276 g/mol. The summed E-state index contributed by atoms with van der Waals surface area (Å²) in [7, 11) is 0. The van der Waals surface area contributed by atoms with Gasteiger partial charge in [-0.1, -0.05) is 26.3 Å². The van der Waals surface area contributed by atoms with Gasteiger partial charge >= 0.3 is 5.97 Å². The number of hydrogen-bond acceptors (Lipinski definition) is 2. The molecule has 0 radical (unpaired) electrons. The van der Waals surface area contributed by atoms with Crippen molar-refractivity contribution in [1.82, 2.24) is 0 Å². The first kappa shape index (κ1) is 18.3. The predicted octanol–water partition coefficient (Wildman–Crippen LogP) is 5.06. The lowest BCUT2D eigenvalue weighted by molar-refractivity contribution is -0.135. The summed E-state index contributed by atoms with van der Waals surface area (Å²) in [6.45, 7) is 11.2. The first-order valence-electron chi connectivity index (χ1n) is 8.07. The second kappa shape index (κ2) is 8.62. The van der Waals surface area contributed by atoms with Crippen molar-refractivity contribution in [3.05, 3.63) is 34.4 Å². The number of carboxylic acids is 1. The Hall–Kier alpha value is -1.77. The van der Waals surface area contributed by atoms with Gasteiger partial charge in [0, 0.05) is 0 Å². The van der Waals surface area contributed by atoms with E-state index in [9.17, 15) is 4.79 Å². The number of aryl methyl sites for hydroxylation is 1. The van der Waals surface area contributed by atoms with E-state index in [1.54, 1.807) is 0 Å². The molecule has 3 heteroatoms. The van der Waals surface area contributed by atoms with Gasteiger partial charge in [0.1, 0.15) is 5.75 Å². The Labute approximate surface area is 134 Å². The van der Waals surface area contributed by atoms with Gasteiger partial charge in [-0.2, -0.15) is 0 Å². The van der Waals surface area contributed by atoms with Crippen molar-refractivity contribution >= 4 is 11.5 Å². The Morgan fingerprint density at radius 1 is 1.18 bits per heavy atom. The molecule has 0 fully saturated rings. The fraction of sp³-hybridized carbons (Fsp3) is 0.526. The molecule has 22 heavy (non-hydrogen) atoms. The number of hydrogen-bond donors (Lipinski definition) is 1. The highest BCUT2D eigenvalue weighted by Crippen LogP contribution is 2.34. The summed E-state index contributed by atoms with van der Waals surface area (Å²) in [6, 6.07) is 2.08. The lowest BCUT2D eigenvalue weighted by atomic mass is 9.89. The highest BCUT2D eigenvalue weighted by atomic mass is 16.5. The van der Waals surface area contributed by atoms with Crippen LogP contribution in [0.4, 0.5) is 0 Å². The van der Waals surface area contributed by atoms with Crippen LogP contribution >= 0.6 is 0 Å². The number of carbonyl (C=O) groups is 1. The van der Waals surface area contributed by atoms with Crippen LogP contribution in [0.1, 0.15) is 61.8 Å². The van der Waals surface area contributed by atoms with Gasteiger partial charge in [-0.3, -0.25) is 4.79 Å². The third-order valence-corrected chi connectivity index (χ3v) is 3.87. The van der Waals surface area contributed by atoms with Gasteiger partial charge in [0.15, 0.2) is 0 Å². The average Bonchev–Trinajstić information content (AvgIpc) is 2.47. The van der Waals surface area contributed by atoms with Crippen molar-refractivity contribution in [3.8, 4) is 5.75 Å². The number of ether oxygens (including phenoxy) is 1. The van der Waals surface area contributed by atoms with Gasteiger partial charge in [0.05, 0.1) is 13.0 Å². The number of benzene rings is 1. The minimum absolute atomic E-state index is 0.0708. The Bertz CT molecular complexity index is 556. The normalized spacial score (nSPS) is 11.6. The number of aliphatic carboxylic acids is 1. The second-order valence-corrected chi connectivity index (χ2v) is 5.74. The van der Waals surface area contributed by atoms with Gasteiger partial charge < -0.3 is 9.84 Å². The molecule has 0 spiro atoms. The third-order valence-electron chi connectivity index (χ3n) is 3.87. The molecule has 0 unspecified atom stereocenters. The summed E-state index contributed by atoms with van der Waals surface area (Å²) in [5.41, 5.74) is 5.80. The molecule has 0 atom stereocenters. The van der Waals surface area contributed by atoms with Crippen molar-refractivity contribution in [3.63, 3.8) is 0 Å². The zero-order valence-electron chi connectivity index (χ0n) is 14.5. The molecule has 0 aliphatic heterocycles. The summed E-state index contributed by atoms with van der Waals surface area (Å²) in [6.07, 6.45) is 4.80. The van der Waals surface area contributed by atoms with Crippen molar-refractivity contribution < 1.29 is 14.6 Å². The Morgan fingerprint density at radius 3 is 2.41 bits per heavy atom. The molecule has 0 saturated carbocycles. The van der Waals surface area contributed by atoms with E-state index >= 15 is 0 Å². The molecule has 0 aliphatic carbocycles. The van der Waals surface area contributed by atoms with Gasteiger partial charge in [-0.15, -0.1) is 0 Å². The first-order chi connectivity index (χ1) is 10.4. The molecule has 0 heterocycles. The summed E-state index contributed by atoms with van der Waals surface area (Å²) >= 11 is 0. The smallest absolute Gasteiger partial charge is 0.307 e. The highest BCUT2D eigenvalue weighted by Gasteiger charge is 2.14. The van der Waals surface area contributed by atoms with Gasteiger partial charge in [0.25, 0.3) is 0 Å². The van der Waals surface area contributed by atoms with Crippen LogP contribution in [0.3, 0.4) is 0 Å². The summed E-state index contributed by atoms with van der Waals surface area (Å²) < 4.78 is 5.83. The largest absolute Gasteiger partial charge is 0.493 e. The second-order valence-electron chi connectivity index (χ2n) is 5.74. The third kappa shape index (κ3) is 4.62. The maximum Gasteiger partial charge on any atom is 0.307 e. The predicted molar refractivity (Wildman–Crippen MR) is 91.6 cm³/mol. The van der Waals surface area contributed by atoms with Crippen molar-refractivity contribution in [1.29, 1.82) is 0 Å². The monoisotopic (exact) mass is 304 g/mol. The molecule has 1 N–H and O–H groups in total. The number of rotatable bonds is 8. The fourth-order valence-corrected chi connectivity index (χ4v) is 2.71. The van der Waals surface area contributed by atoms with E-state index in [-0.39, 0.29) is 6.42 Å². The molecule has 3 nitrogen and oxygen atoms in total. The first-order valence-corrected chi connectivity index (χ1v) is 8.07. The van der Waals surface area contributed by atoms with E-state index in [4.69, 9.17) is 9.84 Å². The summed E-state index contributed by atoms with van der Waals surface area (Å²) in [5.74, 6) is 0.151. The van der Waals surface area contributed by atoms with Crippen LogP contribution in [0, 0.1) is 20.8 Å². The molecule has 122 valence electrons. The molecule has 0 aromatic heterocycles. The fourth-order valence-electron chi connectivity index (χ4n) is 2.71. The summed E-state index contributed by atoms with van der Waals surface area (Å²) in [4.78, 5) is 10.9. The molecule has 0 saturated heterocycles. The van der Waals surface area contributed by atoms with E-state index in [0.29, 0.717) is 0 Å². The molecule has 0 aliphatic rings. The van der Waals surface area contributed by atoms with E-state index in [0.717, 1.165) is 48.3 Å². The van der Waals surface area contributed by atoms with Crippen LogP contribution < -0.4 is 4.74 Å². The molecule has 0 amide bonds. The van der Waals surface area contributed by atoms with Crippen LogP contribution in [0.25, 0.3) is 5.57 Å².